The van der Waals surface area contributed by atoms with E-state index in [1.54, 1.807) is 0 Å². The first-order valence-corrected chi connectivity index (χ1v) is 33.1. The molecule has 0 fully saturated rings. The Kier molecular flexibility index (Phi) is 63.9. The molecule has 0 aromatic heterocycles. The van der Waals surface area contributed by atoms with Crippen LogP contribution in [0.3, 0.4) is 0 Å². The third-order valence-electron chi connectivity index (χ3n) is 13.5. The monoisotopic (exact) mass is 1130 g/mol. The maximum Gasteiger partial charge on any atom is 0.306 e. The van der Waals surface area contributed by atoms with Crippen LogP contribution in [0.25, 0.3) is 0 Å². The van der Waals surface area contributed by atoms with Gasteiger partial charge < -0.3 is 14.2 Å². The molecule has 0 N–H and O–H groups in total. The highest BCUT2D eigenvalue weighted by Crippen LogP contribution is 2.14. The lowest BCUT2D eigenvalue weighted by Crippen LogP contribution is -2.30. The minimum atomic E-state index is -0.806. The average molecular weight is 1130 g/mol. The molecule has 0 aromatic rings. The second-order valence-corrected chi connectivity index (χ2v) is 21.3. The van der Waals surface area contributed by atoms with Crippen molar-refractivity contribution in [1.29, 1.82) is 0 Å². The second-order valence-electron chi connectivity index (χ2n) is 21.3. The normalized spacial score (nSPS) is 13.3. The minimum Gasteiger partial charge on any atom is -0.462 e. The molecule has 0 spiro atoms. The van der Waals surface area contributed by atoms with Crippen molar-refractivity contribution in [3.05, 3.63) is 170 Å². The van der Waals surface area contributed by atoms with Crippen molar-refractivity contribution < 1.29 is 28.6 Å². The maximum atomic E-state index is 12.9. The van der Waals surface area contributed by atoms with E-state index in [0.717, 1.165) is 173 Å². The number of unbranched alkanes of at least 4 members (excludes halogenated alkanes) is 19. The van der Waals surface area contributed by atoms with Crippen LogP contribution in [-0.2, 0) is 28.6 Å². The van der Waals surface area contributed by atoms with Crippen LogP contribution in [0.15, 0.2) is 170 Å². The molecular weight excluding hydrogens is 1010 g/mol. The van der Waals surface area contributed by atoms with Gasteiger partial charge in [-0.2, -0.15) is 0 Å². The van der Waals surface area contributed by atoms with Crippen LogP contribution in [0.4, 0.5) is 0 Å². The summed E-state index contributed by atoms with van der Waals surface area (Å²) in [5.41, 5.74) is 0. The molecule has 1 unspecified atom stereocenters. The Morgan fingerprint density at radius 2 is 0.476 bits per heavy atom. The van der Waals surface area contributed by atoms with Gasteiger partial charge in [-0.1, -0.05) is 287 Å². The van der Waals surface area contributed by atoms with Crippen LogP contribution >= 0.6 is 0 Å². The zero-order chi connectivity index (χ0) is 59.2. The van der Waals surface area contributed by atoms with Crippen LogP contribution in [0.1, 0.15) is 271 Å². The summed E-state index contributed by atoms with van der Waals surface area (Å²) < 4.78 is 16.9. The van der Waals surface area contributed by atoms with E-state index in [1.807, 2.05) is 0 Å². The number of carbonyl (C=O) groups excluding carboxylic acids is 3. The molecule has 6 heteroatoms. The fourth-order valence-electron chi connectivity index (χ4n) is 8.58. The number of carbonyl (C=O) groups is 3. The van der Waals surface area contributed by atoms with E-state index >= 15 is 0 Å². The van der Waals surface area contributed by atoms with Crippen LogP contribution < -0.4 is 0 Å². The van der Waals surface area contributed by atoms with Gasteiger partial charge in [0.2, 0.25) is 0 Å². The Labute approximate surface area is 504 Å². The Bertz CT molecular complexity index is 1870. The van der Waals surface area contributed by atoms with Crippen molar-refractivity contribution in [2.45, 2.75) is 277 Å². The Balaban J connectivity index is 4.36. The summed E-state index contributed by atoms with van der Waals surface area (Å²) in [7, 11) is 0. The van der Waals surface area contributed by atoms with Crippen molar-refractivity contribution in [1.82, 2.24) is 0 Å². The summed E-state index contributed by atoms with van der Waals surface area (Å²) in [6.07, 6.45) is 101. The van der Waals surface area contributed by atoms with E-state index in [-0.39, 0.29) is 37.5 Å². The predicted octanol–water partition coefficient (Wildman–Crippen LogP) is 23.0. The first-order chi connectivity index (χ1) is 40.5. The maximum absolute atomic E-state index is 12.9. The predicted molar refractivity (Wildman–Crippen MR) is 357 cm³/mol. The first-order valence-electron chi connectivity index (χ1n) is 33.1. The lowest BCUT2D eigenvalue weighted by atomic mass is 10.1. The van der Waals surface area contributed by atoms with E-state index in [9.17, 15) is 14.4 Å². The van der Waals surface area contributed by atoms with E-state index in [1.165, 1.54) is 57.8 Å². The molecule has 1 atom stereocenters. The Hall–Kier alpha value is -5.23. The van der Waals surface area contributed by atoms with Crippen molar-refractivity contribution in [3.8, 4) is 0 Å². The number of rotatable bonds is 58. The first kappa shape index (κ1) is 76.8. The largest absolute Gasteiger partial charge is 0.462 e. The molecule has 460 valence electrons. The SMILES string of the molecule is CC/C=C\C/C=C\C/C=C\C/C=C\C/C=C\C/C=C\C/C=C\C/C=C\CCCCCCCCC(=O)OCC(COC(=O)CCCCCCCCCCCC)OC(=O)CCCCCC/C=C\C/C=C\C/C=C\C/C=C\C/C=C\C/C=C\CC. The zero-order valence-corrected chi connectivity index (χ0v) is 52.7. The van der Waals surface area contributed by atoms with E-state index in [0.29, 0.717) is 12.8 Å². The van der Waals surface area contributed by atoms with Gasteiger partial charge in [-0.3, -0.25) is 14.4 Å². The van der Waals surface area contributed by atoms with E-state index in [4.69, 9.17) is 14.2 Å². The summed E-state index contributed by atoms with van der Waals surface area (Å²) in [6.45, 7) is 6.36. The zero-order valence-electron chi connectivity index (χ0n) is 52.7. The molecule has 0 radical (unpaired) electrons. The van der Waals surface area contributed by atoms with Crippen LogP contribution in [-0.4, -0.2) is 37.2 Å². The molecule has 0 amide bonds. The van der Waals surface area contributed by atoms with Crippen molar-refractivity contribution in [2.75, 3.05) is 13.2 Å². The highest BCUT2D eigenvalue weighted by Gasteiger charge is 2.19. The summed E-state index contributed by atoms with van der Waals surface area (Å²) in [5.74, 6) is -0.944. The smallest absolute Gasteiger partial charge is 0.306 e. The van der Waals surface area contributed by atoms with Gasteiger partial charge in [-0.15, -0.1) is 0 Å². The van der Waals surface area contributed by atoms with Gasteiger partial charge in [0.05, 0.1) is 0 Å². The minimum absolute atomic E-state index is 0.0987. The van der Waals surface area contributed by atoms with Crippen molar-refractivity contribution in [3.63, 3.8) is 0 Å². The molecule has 0 aliphatic rings. The van der Waals surface area contributed by atoms with Gasteiger partial charge in [0.15, 0.2) is 6.10 Å². The molecule has 0 aliphatic heterocycles. The van der Waals surface area contributed by atoms with Crippen LogP contribution in [0.5, 0.6) is 0 Å². The topological polar surface area (TPSA) is 78.9 Å². The molecular formula is C76H120O6. The van der Waals surface area contributed by atoms with Gasteiger partial charge in [0.1, 0.15) is 13.2 Å². The number of esters is 3. The third-order valence-corrected chi connectivity index (χ3v) is 13.5. The lowest BCUT2D eigenvalue weighted by molar-refractivity contribution is -0.167. The van der Waals surface area contributed by atoms with Gasteiger partial charge >= 0.3 is 17.9 Å². The quantitative estimate of drug-likeness (QED) is 0.0261. The van der Waals surface area contributed by atoms with E-state index in [2.05, 4.69) is 191 Å². The molecule has 0 heterocycles. The van der Waals surface area contributed by atoms with Crippen molar-refractivity contribution >= 4 is 17.9 Å². The fourth-order valence-corrected chi connectivity index (χ4v) is 8.58. The highest BCUT2D eigenvalue weighted by atomic mass is 16.6. The summed E-state index contributed by atoms with van der Waals surface area (Å²) in [4.78, 5) is 38.3. The molecule has 0 bridgehead atoms. The average Bonchev–Trinajstić information content (AvgIpc) is 3.47. The van der Waals surface area contributed by atoms with Crippen molar-refractivity contribution in [2.24, 2.45) is 0 Å². The molecule has 0 rings (SSSR count). The molecule has 0 aromatic carbocycles. The third kappa shape index (κ3) is 65.6. The molecule has 82 heavy (non-hydrogen) atoms. The lowest BCUT2D eigenvalue weighted by Gasteiger charge is -2.18. The number of hydrogen-bond donors (Lipinski definition) is 0. The molecule has 6 nitrogen and oxygen atoms in total. The van der Waals surface area contributed by atoms with Gasteiger partial charge in [0.25, 0.3) is 0 Å². The van der Waals surface area contributed by atoms with Gasteiger partial charge in [-0.25, -0.2) is 0 Å². The molecule has 0 saturated heterocycles. The summed E-state index contributed by atoms with van der Waals surface area (Å²) >= 11 is 0. The number of ether oxygens (including phenoxy) is 3. The standard InChI is InChI=1S/C76H120O6/c1-4-7-10-13-16-19-22-24-26-28-30-32-34-35-36-37-38-39-40-41-43-44-46-48-50-52-54-57-60-63-66-69-75(78)81-72-73(71-80-74(77)68-65-62-59-56-21-18-15-12-9-6-3)82-76(79)70-67-64-61-58-55-53-51-49-47-45-42-33-31-29-27-25-23-20-17-14-11-8-5-2/h7-8,10-11,16-17,19-20,24-27,30-33,35-36,38-39,41,43,45-48,51,53,73H,4-6,9,12-15,18,21-23,28-29,34,37,40,42,44,49-50,52,54-72H2,1-3H3/b10-7-,11-8-,19-16-,20-17-,26-24-,27-25-,32-30-,33-31-,36-35-,39-38-,43-41-,47-45-,48-46-,53-51-. The second kappa shape index (κ2) is 68.3. The summed E-state index contributed by atoms with van der Waals surface area (Å²) in [6, 6.07) is 0. The highest BCUT2D eigenvalue weighted by molar-refractivity contribution is 5.71. The fraction of sp³-hybridized carbons (Fsp3) is 0.592. The molecule has 0 saturated carbocycles. The van der Waals surface area contributed by atoms with Gasteiger partial charge in [-0.05, 0) is 135 Å². The van der Waals surface area contributed by atoms with Gasteiger partial charge in [0, 0.05) is 19.3 Å². The Morgan fingerprint density at radius 1 is 0.256 bits per heavy atom. The number of hydrogen-bond acceptors (Lipinski definition) is 6. The molecule has 0 aliphatic carbocycles. The summed E-state index contributed by atoms with van der Waals surface area (Å²) in [5, 5.41) is 0. The number of allylic oxidation sites excluding steroid dienone is 28. The van der Waals surface area contributed by atoms with Crippen LogP contribution in [0, 0.1) is 0 Å². The van der Waals surface area contributed by atoms with E-state index < -0.39 is 6.10 Å². The Morgan fingerprint density at radius 3 is 0.744 bits per heavy atom. The van der Waals surface area contributed by atoms with Crippen LogP contribution in [0.2, 0.25) is 0 Å².